The molecule has 0 spiro atoms. The number of nitrogens with two attached hydrogens (primary N) is 1. The molecule has 94 valence electrons. The highest BCUT2D eigenvalue weighted by molar-refractivity contribution is 9.10. The number of hydrogen-bond donors (Lipinski definition) is 1. The smallest absolute Gasteiger partial charge is 0.134 e. The normalized spacial score (nSPS) is 10.6. The Bertz CT molecular complexity index is 526. The van der Waals surface area contributed by atoms with Gasteiger partial charge in [-0.3, -0.25) is 0 Å². The minimum atomic E-state index is 0.405. The quantitative estimate of drug-likeness (QED) is 0.472. The highest BCUT2D eigenvalue weighted by Crippen LogP contribution is 2.32. The molecule has 0 aliphatic carbocycles. The molecule has 0 atom stereocenters. The maximum absolute atomic E-state index is 6.02. The van der Waals surface area contributed by atoms with E-state index < -0.39 is 0 Å². The van der Waals surface area contributed by atoms with Gasteiger partial charge in [-0.25, -0.2) is 4.98 Å². The zero-order chi connectivity index (χ0) is 13.1. The van der Waals surface area contributed by atoms with Gasteiger partial charge in [0.2, 0.25) is 0 Å². The van der Waals surface area contributed by atoms with Crippen LogP contribution in [0.15, 0.2) is 39.7 Å². The van der Waals surface area contributed by atoms with E-state index in [1.165, 1.54) is 0 Å². The molecular formula is C12H9BrCl2N2S. The van der Waals surface area contributed by atoms with Gasteiger partial charge in [0, 0.05) is 20.8 Å². The number of rotatable bonds is 3. The number of nitrogen functional groups attached to an aromatic ring is 1. The van der Waals surface area contributed by atoms with Crippen LogP contribution in [0.5, 0.6) is 0 Å². The number of thioether (sulfide) groups is 1. The Morgan fingerprint density at radius 3 is 2.67 bits per heavy atom. The van der Waals surface area contributed by atoms with Crippen molar-refractivity contribution >= 4 is 56.6 Å². The van der Waals surface area contributed by atoms with Crippen LogP contribution in [0.1, 0.15) is 5.56 Å². The van der Waals surface area contributed by atoms with Crippen LogP contribution in [0.25, 0.3) is 0 Å². The van der Waals surface area contributed by atoms with Gasteiger partial charge in [-0.2, -0.15) is 0 Å². The molecule has 1 aromatic carbocycles. The molecule has 0 radical (unpaired) electrons. The molecule has 1 heterocycles. The summed E-state index contributed by atoms with van der Waals surface area (Å²) in [6.07, 6.45) is 0. The molecule has 2 rings (SSSR count). The Kier molecular flexibility index (Phi) is 4.78. The Labute approximate surface area is 128 Å². The molecule has 1 aromatic heterocycles. The topological polar surface area (TPSA) is 38.9 Å². The number of anilines is 1. The second-order valence-corrected chi connectivity index (χ2v) is 6.18. The van der Waals surface area contributed by atoms with E-state index in [1.54, 1.807) is 17.8 Å². The van der Waals surface area contributed by atoms with Crippen LogP contribution < -0.4 is 5.73 Å². The second-order valence-electron chi connectivity index (χ2n) is 3.56. The van der Waals surface area contributed by atoms with Gasteiger partial charge < -0.3 is 5.73 Å². The summed E-state index contributed by atoms with van der Waals surface area (Å²) in [6, 6.07) is 9.34. The largest absolute Gasteiger partial charge is 0.399 e. The molecule has 0 amide bonds. The third-order valence-corrected chi connectivity index (χ3v) is 4.81. The van der Waals surface area contributed by atoms with E-state index in [0.717, 1.165) is 26.4 Å². The van der Waals surface area contributed by atoms with E-state index >= 15 is 0 Å². The lowest BCUT2D eigenvalue weighted by Crippen LogP contribution is -1.88. The van der Waals surface area contributed by atoms with Crippen molar-refractivity contribution in [3.8, 4) is 0 Å². The number of nitrogens with zero attached hydrogens (tertiary/aromatic N) is 1. The van der Waals surface area contributed by atoms with Crippen molar-refractivity contribution in [3.05, 3.63) is 50.7 Å². The lowest BCUT2D eigenvalue weighted by atomic mass is 10.3. The van der Waals surface area contributed by atoms with Gasteiger partial charge in [-0.05, 0) is 45.8 Å². The molecule has 0 aliphatic rings. The number of pyridine rings is 1. The van der Waals surface area contributed by atoms with Crippen molar-refractivity contribution in [1.82, 2.24) is 4.98 Å². The number of benzene rings is 1. The SMILES string of the molecule is Nc1ccc(SCc2ccc(Cl)nc2Cl)c(Br)c1. The molecule has 0 saturated carbocycles. The van der Waals surface area contributed by atoms with Crippen LogP contribution in [-0.4, -0.2) is 4.98 Å². The van der Waals surface area contributed by atoms with E-state index in [1.807, 2.05) is 24.3 Å². The molecule has 0 unspecified atom stereocenters. The number of aromatic nitrogens is 1. The van der Waals surface area contributed by atoms with Crippen molar-refractivity contribution in [2.45, 2.75) is 10.6 Å². The molecule has 0 aliphatic heterocycles. The first-order valence-corrected chi connectivity index (χ1v) is 7.58. The standard InChI is InChI=1S/C12H9BrCl2N2S/c13-9-5-8(16)2-3-10(9)18-6-7-1-4-11(14)17-12(7)15/h1-5H,6,16H2. The zero-order valence-electron chi connectivity index (χ0n) is 9.16. The lowest BCUT2D eigenvalue weighted by molar-refractivity contribution is 1.25. The monoisotopic (exact) mass is 362 g/mol. The fourth-order valence-corrected chi connectivity index (χ4v) is 3.47. The fourth-order valence-electron chi connectivity index (χ4n) is 1.34. The highest BCUT2D eigenvalue weighted by Gasteiger charge is 2.06. The van der Waals surface area contributed by atoms with E-state index in [9.17, 15) is 0 Å². The van der Waals surface area contributed by atoms with E-state index in [-0.39, 0.29) is 0 Å². The van der Waals surface area contributed by atoms with Gasteiger partial charge in [0.1, 0.15) is 10.3 Å². The molecule has 2 nitrogen and oxygen atoms in total. The van der Waals surface area contributed by atoms with Gasteiger partial charge in [0.05, 0.1) is 0 Å². The van der Waals surface area contributed by atoms with E-state index in [4.69, 9.17) is 28.9 Å². The summed E-state index contributed by atoms with van der Waals surface area (Å²) in [7, 11) is 0. The third kappa shape index (κ3) is 3.54. The predicted octanol–water partition coefficient (Wildman–Crippen LogP) is 5.03. The summed E-state index contributed by atoms with van der Waals surface area (Å²) in [5.41, 5.74) is 7.38. The first-order chi connectivity index (χ1) is 8.56. The van der Waals surface area contributed by atoms with Crippen molar-refractivity contribution in [1.29, 1.82) is 0 Å². The summed E-state index contributed by atoms with van der Waals surface area (Å²) >= 11 is 16.9. The summed E-state index contributed by atoms with van der Waals surface area (Å²) in [5, 5.41) is 0.851. The molecule has 6 heteroatoms. The van der Waals surface area contributed by atoms with Crippen LogP contribution in [0.4, 0.5) is 5.69 Å². The van der Waals surface area contributed by atoms with Crippen LogP contribution in [0, 0.1) is 0 Å². The Morgan fingerprint density at radius 1 is 1.22 bits per heavy atom. The summed E-state index contributed by atoms with van der Waals surface area (Å²) in [6.45, 7) is 0. The van der Waals surface area contributed by atoms with E-state index in [2.05, 4.69) is 20.9 Å². The summed E-state index contributed by atoms with van der Waals surface area (Å²) in [5.74, 6) is 0.728. The van der Waals surface area contributed by atoms with Crippen molar-refractivity contribution in [2.24, 2.45) is 0 Å². The highest BCUT2D eigenvalue weighted by atomic mass is 79.9. The fraction of sp³-hybridized carbons (Fsp3) is 0.0833. The molecule has 18 heavy (non-hydrogen) atoms. The zero-order valence-corrected chi connectivity index (χ0v) is 13.1. The van der Waals surface area contributed by atoms with Crippen LogP contribution >= 0.6 is 50.9 Å². The molecular weight excluding hydrogens is 355 g/mol. The average molecular weight is 364 g/mol. The van der Waals surface area contributed by atoms with Gasteiger partial charge in [-0.15, -0.1) is 11.8 Å². The summed E-state index contributed by atoms with van der Waals surface area (Å²) < 4.78 is 0.977. The first-order valence-electron chi connectivity index (χ1n) is 5.05. The maximum Gasteiger partial charge on any atom is 0.134 e. The number of hydrogen-bond acceptors (Lipinski definition) is 3. The molecule has 0 saturated heterocycles. The van der Waals surface area contributed by atoms with Crippen LogP contribution in [-0.2, 0) is 5.75 Å². The third-order valence-electron chi connectivity index (χ3n) is 2.23. The predicted molar refractivity (Wildman–Crippen MR) is 82.4 cm³/mol. The Morgan fingerprint density at radius 2 is 2.00 bits per heavy atom. The first kappa shape index (κ1) is 14.0. The lowest BCUT2D eigenvalue weighted by Gasteiger charge is -2.06. The van der Waals surface area contributed by atoms with Crippen LogP contribution in [0.2, 0.25) is 10.3 Å². The average Bonchev–Trinajstić information content (AvgIpc) is 2.30. The Hall–Kier alpha value is -0.420. The Balaban J connectivity index is 2.11. The van der Waals surface area contributed by atoms with Crippen molar-refractivity contribution < 1.29 is 0 Å². The molecule has 0 bridgehead atoms. The number of halogens is 3. The molecule has 0 fully saturated rings. The van der Waals surface area contributed by atoms with Crippen molar-refractivity contribution in [2.75, 3.05) is 5.73 Å². The van der Waals surface area contributed by atoms with Gasteiger partial charge in [0.25, 0.3) is 0 Å². The second kappa shape index (κ2) is 6.15. The van der Waals surface area contributed by atoms with Gasteiger partial charge in [-0.1, -0.05) is 29.3 Å². The van der Waals surface area contributed by atoms with Crippen LogP contribution in [0.3, 0.4) is 0 Å². The molecule has 2 N–H and O–H groups in total. The minimum Gasteiger partial charge on any atom is -0.399 e. The maximum atomic E-state index is 6.02. The molecule has 2 aromatic rings. The van der Waals surface area contributed by atoms with E-state index in [0.29, 0.717) is 10.3 Å². The van der Waals surface area contributed by atoms with Crippen molar-refractivity contribution in [3.63, 3.8) is 0 Å². The van der Waals surface area contributed by atoms with Gasteiger partial charge in [0.15, 0.2) is 0 Å². The minimum absolute atomic E-state index is 0.405. The van der Waals surface area contributed by atoms with Gasteiger partial charge >= 0.3 is 0 Å². The summed E-state index contributed by atoms with van der Waals surface area (Å²) in [4.78, 5) is 5.11.